The summed E-state index contributed by atoms with van der Waals surface area (Å²) in [5, 5.41) is 0. The zero-order chi connectivity index (χ0) is 13.2. The molecule has 1 aliphatic rings. The average molecular weight is 246 g/mol. The molecule has 0 aromatic heterocycles. The molecule has 0 atom stereocenters. The van der Waals surface area contributed by atoms with Crippen LogP contribution in [0.1, 0.15) is 45.6 Å². The third kappa shape index (κ3) is 4.34. The van der Waals surface area contributed by atoms with Crippen molar-refractivity contribution in [3.8, 4) is 0 Å². The molecule has 0 spiro atoms. The van der Waals surface area contributed by atoms with Crippen molar-refractivity contribution in [2.75, 3.05) is 12.3 Å². The normalized spacial score (nSPS) is 16.2. The molecule has 1 saturated carbocycles. The molecule has 1 fully saturated rings. The first-order chi connectivity index (χ1) is 8.44. The number of hydrogen-bond acceptors (Lipinski definition) is 2. The summed E-state index contributed by atoms with van der Waals surface area (Å²) in [6.07, 6.45) is 3.99. The van der Waals surface area contributed by atoms with Gasteiger partial charge in [0.15, 0.2) is 0 Å². The summed E-state index contributed by atoms with van der Waals surface area (Å²) in [7, 11) is 0. The van der Waals surface area contributed by atoms with Gasteiger partial charge in [-0.1, -0.05) is 32.9 Å². The summed E-state index contributed by atoms with van der Waals surface area (Å²) in [6.45, 7) is 9.20. The van der Waals surface area contributed by atoms with Gasteiger partial charge in [-0.25, -0.2) is 0 Å². The highest BCUT2D eigenvalue weighted by molar-refractivity contribution is 5.40. The predicted octanol–water partition coefficient (Wildman–Crippen LogP) is 3.67. The zero-order valence-corrected chi connectivity index (χ0v) is 11.9. The van der Waals surface area contributed by atoms with Gasteiger partial charge in [-0.15, -0.1) is 0 Å². The maximum Gasteiger partial charge on any atom is 0.0317 e. The highest BCUT2D eigenvalue weighted by atomic mass is 15.2. The first-order valence-electron chi connectivity index (χ1n) is 7.02. The van der Waals surface area contributed by atoms with Crippen LogP contribution >= 0.6 is 0 Å². The van der Waals surface area contributed by atoms with Crippen LogP contribution in [0, 0.1) is 5.41 Å². The van der Waals surface area contributed by atoms with Crippen LogP contribution in [0.25, 0.3) is 0 Å². The lowest BCUT2D eigenvalue weighted by atomic mass is 9.92. The minimum absolute atomic E-state index is 0.419. The largest absolute Gasteiger partial charge is 0.399 e. The van der Waals surface area contributed by atoms with E-state index in [0.717, 1.165) is 18.3 Å². The zero-order valence-electron chi connectivity index (χ0n) is 11.9. The molecular formula is C16H26N2. The first kappa shape index (κ1) is 13.4. The first-order valence-corrected chi connectivity index (χ1v) is 7.02. The monoisotopic (exact) mass is 246 g/mol. The van der Waals surface area contributed by atoms with E-state index in [1.165, 1.54) is 31.4 Å². The van der Waals surface area contributed by atoms with Crippen molar-refractivity contribution in [3.63, 3.8) is 0 Å². The van der Waals surface area contributed by atoms with E-state index in [1.54, 1.807) is 0 Å². The lowest BCUT2D eigenvalue weighted by molar-refractivity contribution is 0.212. The molecule has 0 aliphatic heterocycles. The Morgan fingerprint density at radius 1 is 1.28 bits per heavy atom. The van der Waals surface area contributed by atoms with Crippen molar-refractivity contribution in [2.45, 2.75) is 52.6 Å². The van der Waals surface area contributed by atoms with E-state index in [2.05, 4.69) is 43.9 Å². The Bertz CT molecular complexity index is 388. The van der Waals surface area contributed by atoms with E-state index < -0.39 is 0 Å². The van der Waals surface area contributed by atoms with Crippen molar-refractivity contribution < 1.29 is 0 Å². The highest BCUT2D eigenvalue weighted by Gasteiger charge is 2.29. The summed E-state index contributed by atoms with van der Waals surface area (Å²) < 4.78 is 0. The SMILES string of the molecule is CC(C)(C)CCN(Cc1cccc(N)c1)C1CC1. The molecule has 0 radical (unpaired) electrons. The Morgan fingerprint density at radius 3 is 2.56 bits per heavy atom. The predicted molar refractivity (Wildman–Crippen MR) is 78.4 cm³/mol. The third-order valence-corrected chi connectivity index (χ3v) is 3.55. The highest BCUT2D eigenvalue weighted by Crippen LogP contribution is 2.30. The second-order valence-corrected chi connectivity index (χ2v) is 6.76. The number of nitrogen functional groups attached to an aromatic ring is 1. The van der Waals surface area contributed by atoms with Crippen LogP contribution in [-0.2, 0) is 6.54 Å². The number of anilines is 1. The van der Waals surface area contributed by atoms with Crippen LogP contribution in [0.5, 0.6) is 0 Å². The molecule has 0 saturated heterocycles. The number of nitrogens with zero attached hydrogens (tertiary/aromatic N) is 1. The van der Waals surface area contributed by atoms with Crippen LogP contribution < -0.4 is 5.73 Å². The van der Waals surface area contributed by atoms with Gasteiger partial charge in [0.25, 0.3) is 0 Å². The Labute approximate surface area is 111 Å². The van der Waals surface area contributed by atoms with E-state index in [4.69, 9.17) is 5.73 Å². The molecule has 18 heavy (non-hydrogen) atoms. The summed E-state index contributed by atoms with van der Waals surface area (Å²) in [6, 6.07) is 9.11. The molecular weight excluding hydrogens is 220 g/mol. The van der Waals surface area contributed by atoms with Gasteiger partial charge < -0.3 is 5.73 Å². The number of rotatable bonds is 5. The van der Waals surface area contributed by atoms with E-state index in [0.29, 0.717) is 5.41 Å². The van der Waals surface area contributed by atoms with E-state index in [-0.39, 0.29) is 0 Å². The molecule has 2 nitrogen and oxygen atoms in total. The van der Waals surface area contributed by atoms with Crippen LogP contribution in [0.3, 0.4) is 0 Å². The number of benzene rings is 1. The fourth-order valence-electron chi connectivity index (χ4n) is 2.24. The molecule has 0 bridgehead atoms. The summed E-state index contributed by atoms with van der Waals surface area (Å²) in [4.78, 5) is 2.63. The van der Waals surface area contributed by atoms with Crippen LogP contribution in [0.15, 0.2) is 24.3 Å². The quantitative estimate of drug-likeness (QED) is 0.803. The molecule has 2 heteroatoms. The van der Waals surface area contributed by atoms with Crippen LogP contribution in [0.2, 0.25) is 0 Å². The maximum absolute atomic E-state index is 5.85. The second kappa shape index (κ2) is 5.31. The Morgan fingerprint density at radius 2 is 2.00 bits per heavy atom. The molecule has 0 unspecified atom stereocenters. The Kier molecular flexibility index (Phi) is 3.96. The van der Waals surface area contributed by atoms with Gasteiger partial charge >= 0.3 is 0 Å². The van der Waals surface area contributed by atoms with Gasteiger partial charge in [0.05, 0.1) is 0 Å². The van der Waals surface area contributed by atoms with Crippen molar-refractivity contribution in [2.24, 2.45) is 5.41 Å². The fourth-order valence-corrected chi connectivity index (χ4v) is 2.24. The second-order valence-electron chi connectivity index (χ2n) is 6.76. The smallest absolute Gasteiger partial charge is 0.0317 e. The van der Waals surface area contributed by atoms with E-state index >= 15 is 0 Å². The summed E-state index contributed by atoms with van der Waals surface area (Å²) in [5.41, 5.74) is 8.49. The third-order valence-electron chi connectivity index (χ3n) is 3.55. The summed E-state index contributed by atoms with van der Waals surface area (Å²) >= 11 is 0. The molecule has 1 aromatic rings. The summed E-state index contributed by atoms with van der Waals surface area (Å²) in [5.74, 6) is 0. The van der Waals surface area contributed by atoms with Gasteiger partial charge in [0, 0.05) is 18.3 Å². The molecule has 1 aromatic carbocycles. The number of nitrogens with two attached hydrogens (primary N) is 1. The van der Waals surface area contributed by atoms with Crippen molar-refractivity contribution in [1.82, 2.24) is 4.90 Å². The lowest BCUT2D eigenvalue weighted by Crippen LogP contribution is -2.29. The van der Waals surface area contributed by atoms with E-state index in [9.17, 15) is 0 Å². The van der Waals surface area contributed by atoms with Gasteiger partial charge in [-0.3, -0.25) is 4.90 Å². The standard InChI is InChI=1S/C16H26N2/c1-16(2,3)9-10-18(15-7-8-15)12-13-5-4-6-14(17)11-13/h4-6,11,15H,7-10,12,17H2,1-3H3. The molecule has 2 rings (SSSR count). The average Bonchev–Trinajstić information content (AvgIpc) is 3.06. The Hall–Kier alpha value is -1.02. The van der Waals surface area contributed by atoms with Gasteiger partial charge in [-0.05, 0) is 48.9 Å². The Balaban J connectivity index is 1.94. The van der Waals surface area contributed by atoms with Crippen LogP contribution in [0.4, 0.5) is 5.69 Å². The lowest BCUT2D eigenvalue weighted by Gasteiger charge is -2.27. The number of hydrogen-bond donors (Lipinski definition) is 1. The maximum atomic E-state index is 5.85. The molecule has 0 heterocycles. The molecule has 0 amide bonds. The fraction of sp³-hybridized carbons (Fsp3) is 0.625. The minimum atomic E-state index is 0.419. The van der Waals surface area contributed by atoms with Crippen molar-refractivity contribution in [1.29, 1.82) is 0 Å². The van der Waals surface area contributed by atoms with Gasteiger partial charge in [-0.2, -0.15) is 0 Å². The topological polar surface area (TPSA) is 29.3 Å². The molecule has 100 valence electrons. The minimum Gasteiger partial charge on any atom is -0.399 e. The van der Waals surface area contributed by atoms with Gasteiger partial charge in [0.1, 0.15) is 0 Å². The molecule has 1 aliphatic carbocycles. The van der Waals surface area contributed by atoms with Gasteiger partial charge in [0.2, 0.25) is 0 Å². The van der Waals surface area contributed by atoms with E-state index in [1.807, 2.05) is 6.07 Å². The van der Waals surface area contributed by atoms with Crippen molar-refractivity contribution in [3.05, 3.63) is 29.8 Å². The van der Waals surface area contributed by atoms with Crippen LogP contribution in [-0.4, -0.2) is 17.5 Å². The van der Waals surface area contributed by atoms with Crippen molar-refractivity contribution >= 4 is 5.69 Å². The molecule has 2 N–H and O–H groups in total.